The maximum absolute atomic E-state index is 12.5. The molecule has 0 aliphatic rings. The van der Waals surface area contributed by atoms with E-state index in [4.69, 9.17) is 0 Å². The van der Waals surface area contributed by atoms with Crippen LogP contribution in [-0.2, 0) is 6.18 Å². The molecule has 2 heterocycles. The third kappa shape index (κ3) is 3.31. The third-order valence-corrected chi connectivity index (χ3v) is 3.36. The normalized spacial score (nSPS) is 12.2. The van der Waals surface area contributed by atoms with Gasteiger partial charge in [0.15, 0.2) is 0 Å². The fourth-order valence-electron chi connectivity index (χ4n) is 1.43. The van der Waals surface area contributed by atoms with Crippen LogP contribution in [0.5, 0.6) is 0 Å². The van der Waals surface area contributed by atoms with Crippen LogP contribution >= 0.6 is 11.3 Å². The van der Waals surface area contributed by atoms with E-state index in [1.807, 2.05) is 18.4 Å². The molecule has 19 heavy (non-hydrogen) atoms. The van der Waals surface area contributed by atoms with Gasteiger partial charge in [0.1, 0.15) is 5.69 Å². The summed E-state index contributed by atoms with van der Waals surface area (Å²) in [7, 11) is 0. The SMILES string of the molecule is Cc1ccsc1/C=C/c1cc(C(F)(F)F)[nH]c(=O)n1. The van der Waals surface area contributed by atoms with Crippen LogP contribution in [0.2, 0.25) is 0 Å². The summed E-state index contributed by atoms with van der Waals surface area (Å²) >= 11 is 1.46. The van der Waals surface area contributed by atoms with Crippen LogP contribution in [0.1, 0.15) is 21.8 Å². The van der Waals surface area contributed by atoms with Crippen molar-refractivity contribution in [3.05, 3.63) is 49.8 Å². The molecule has 0 amide bonds. The van der Waals surface area contributed by atoms with E-state index in [1.165, 1.54) is 17.4 Å². The second-order valence-corrected chi connectivity index (χ2v) is 4.77. The molecule has 100 valence electrons. The van der Waals surface area contributed by atoms with Crippen LogP contribution in [0.3, 0.4) is 0 Å². The summed E-state index contributed by atoms with van der Waals surface area (Å²) in [6.07, 6.45) is -1.56. The number of thiophene rings is 1. The highest BCUT2D eigenvalue weighted by atomic mass is 32.1. The summed E-state index contributed by atoms with van der Waals surface area (Å²) in [5, 5.41) is 1.88. The first-order valence-corrected chi connectivity index (χ1v) is 6.15. The molecule has 0 saturated carbocycles. The fourth-order valence-corrected chi connectivity index (χ4v) is 2.25. The number of rotatable bonds is 2. The number of aromatic amines is 1. The lowest BCUT2D eigenvalue weighted by Gasteiger charge is -2.05. The number of nitrogens with one attached hydrogen (secondary N) is 1. The highest BCUT2D eigenvalue weighted by Gasteiger charge is 2.32. The molecule has 1 N–H and O–H groups in total. The summed E-state index contributed by atoms with van der Waals surface area (Å²) in [5.74, 6) is 0. The second kappa shape index (κ2) is 5.00. The Morgan fingerprint density at radius 3 is 2.68 bits per heavy atom. The molecule has 0 atom stereocenters. The number of aryl methyl sites for hydroxylation is 1. The van der Waals surface area contributed by atoms with E-state index in [0.717, 1.165) is 16.5 Å². The van der Waals surface area contributed by atoms with Gasteiger partial charge >= 0.3 is 11.9 Å². The predicted molar refractivity (Wildman–Crippen MR) is 67.8 cm³/mol. The minimum atomic E-state index is -4.59. The number of hydrogen-bond acceptors (Lipinski definition) is 3. The molecule has 0 spiro atoms. The standard InChI is InChI=1S/C12H9F3N2OS/c1-7-4-5-19-9(7)3-2-8-6-10(12(13,14)15)17-11(18)16-8/h2-6H,1H3,(H,16,17,18)/b3-2+. The molecule has 3 nitrogen and oxygen atoms in total. The van der Waals surface area contributed by atoms with E-state index in [2.05, 4.69) is 4.98 Å². The second-order valence-electron chi connectivity index (χ2n) is 3.82. The van der Waals surface area contributed by atoms with Gasteiger partial charge in [-0.15, -0.1) is 11.3 Å². The van der Waals surface area contributed by atoms with Gasteiger partial charge in [0.2, 0.25) is 0 Å². The summed E-state index contributed by atoms with van der Waals surface area (Å²) in [6.45, 7) is 1.89. The molecule has 0 aliphatic carbocycles. The summed E-state index contributed by atoms with van der Waals surface area (Å²) in [4.78, 5) is 17.2. The van der Waals surface area contributed by atoms with E-state index in [1.54, 1.807) is 11.1 Å². The number of nitrogens with zero attached hydrogens (tertiary/aromatic N) is 1. The Bertz CT molecular complexity index is 670. The van der Waals surface area contributed by atoms with E-state index in [9.17, 15) is 18.0 Å². The van der Waals surface area contributed by atoms with Crippen molar-refractivity contribution in [2.45, 2.75) is 13.1 Å². The molecule has 0 fully saturated rings. The molecule has 0 bridgehead atoms. The summed E-state index contributed by atoms with van der Waals surface area (Å²) in [6, 6.07) is 2.71. The molecular formula is C12H9F3N2OS. The van der Waals surface area contributed by atoms with Crippen LogP contribution in [0.4, 0.5) is 13.2 Å². The smallest absolute Gasteiger partial charge is 0.302 e. The van der Waals surface area contributed by atoms with E-state index in [0.29, 0.717) is 0 Å². The first-order valence-electron chi connectivity index (χ1n) is 5.27. The van der Waals surface area contributed by atoms with Gasteiger partial charge in [-0.2, -0.15) is 18.2 Å². The van der Waals surface area contributed by atoms with Crippen molar-refractivity contribution in [2.75, 3.05) is 0 Å². The van der Waals surface area contributed by atoms with Crippen LogP contribution in [-0.4, -0.2) is 9.97 Å². The predicted octanol–water partition coefficient (Wildman–Crippen LogP) is 3.33. The first-order chi connectivity index (χ1) is 8.86. The summed E-state index contributed by atoms with van der Waals surface area (Å²) < 4.78 is 37.5. The zero-order valence-corrected chi connectivity index (χ0v) is 10.6. The molecule has 0 radical (unpaired) electrons. The van der Waals surface area contributed by atoms with Crippen molar-refractivity contribution in [1.82, 2.24) is 9.97 Å². The highest BCUT2D eigenvalue weighted by Crippen LogP contribution is 2.27. The summed E-state index contributed by atoms with van der Waals surface area (Å²) in [5.41, 5.74) is -1.13. The Hall–Kier alpha value is -1.89. The van der Waals surface area contributed by atoms with Gasteiger partial charge in [0.05, 0.1) is 5.69 Å². The molecule has 0 saturated heterocycles. The van der Waals surface area contributed by atoms with Crippen molar-refractivity contribution in [1.29, 1.82) is 0 Å². The van der Waals surface area contributed by atoms with Crippen molar-refractivity contribution in [2.24, 2.45) is 0 Å². The third-order valence-electron chi connectivity index (χ3n) is 2.38. The minimum absolute atomic E-state index is 0.0242. The molecule has 2 aromatic rings. The molecular weight excluding hydrogens is 277 g/mol. The van der Waals surface area contributed by atoms with Crippen LogP contribution < -0.4 is 5.69 Å². The number of alkyl halides is 3. The monoisotopic (exact) mass is 286 g/mol. The van der Waals surface area contributed by atoms with Crippen LogP contribution in [0.25, 0.3) is 12.2 Å². The van der Waals surface area contributed by atoms with Gasteiger partial charge in [-0.3, -0.25) is 0 Å². The first kappa shape index (κ1) is 13.5. The lowest BCUT2D eigenvalue weighted by Crippen LogP contribution is -2.19. The van der Waals surface area contributed by atoms with Crippen LogP contribution in [0, 0.1) is 6.92 Å². The average molecular weight is 286 g/mol. The number of halogens is 3. The maximum atomic E-state index is 12.5. The fraction of sp³-hybridized carbons (Fsp3) is 0.167. The van der Waals surface area contributed by atoms with E-state index < -0.39 is 17.6 Å². The Morgan fingerprint density at radius 1 is 1.37 bits per heavy atom. The zero-order chi connectivity index (χ0) is 14.0. The molecule has 0 unspecified atom stereocenters. The van der Waals surface area contributed by atoms with Gasteiger partial charge < -0.3 is 4.98 Å². The van der Waals surface area contributed by atoms with Crippen molar-refractivity contribution < 1.29 is 13.2 Å². The Kier molecular flexibility index (Phi) is 3.57. The quantitative estimate of drug-likeness (QED) is 0.920. The van der Waals surface area contributed by atoms with E-state index >= 15 is 0 Å². The maximum Gasteiger partial charge on any atom is 0.431 e. The van der Waals surface area contributed by atoms with Crippen LogP contribution in [0.15, 0.2) is 22.3 Å². The molecule has 2 aromatic heterocycles. The van der Waals surface area contributed by atoms with Gasteiger partial charge in [-0.1, -0.05) is 0 Å². The number of hydrogen-bond donors (Lipinski definition) is 1. The van der Waals surface area contributed by atoms with Gasteiger partial charge in [-0.25, -0.2) is 4.79 Å². The molecule has 0 aliphatic heterocycles. The lowest BCUT2D eigenvalue weighted by atomic mass is 10.2. The lowest BCUT2D eigenvalue weighted by molar-refractivity contribution is -0.141. The molecule has 7 heteroatoms. The average Bonchev–Trinajstić information content (AvgIpc) is 2.70. The minimum Gasteiger partial charge on any atom is -0.302 e. The molecule has 0 aromatic carbocycles. The Balaban J connectivity index is 2.36. The van der Waals surface area contributed by atoms with Gasteiger partial charge in [-0.05, 0) is 42.2 Å². The van der Waals surface area contributed by atoms with E-state index in [-0.39, 0.29) is 5.69 Å². The topological polar surface area (TPSA) is 45.8 Å². The number of H-pyrrole nitrogens is 1. The van der Waals surface area contributed by atoms with Crippen molar-refractivity contribution in [3.8, 4) is 0 Å². The Labute approximate surface area is 110 Å². The molecule has 2 rings (SSSR count). The van der Waals surface area contributed by atoms with Crippen molar-refractivity contribution >= 4 is 23.5 Å². The Morgan fingerprint density at radius 2 is 2.11 bits per heavy atom. The van der Waals surface area contributed by atoms with Gasteiger partial charge in [0.25, 0.3) is 0 Å². The number of aromatic nitrogens is 2. The largest absolute Gasteiger partial charge is 0.431 e. The highest BCUT2D eigenvalue weighted by molar-refractivity contribution is 7.11. The zero-order valence-electron chi connectivity index (χ0n) is 9.78. The van der Waals surface area contributed by atoms with Gasteiger partial charge in [0, 0.05) is 4.88 Å². The van der Waals surface area contributed by atoms with Crippen molar-refractivity contribution in [3.63, 3.8) is 0 Å².